The fourth-order valence-corrected chi connectivity index (χ4v) is 5.24. The molecule has 4 rings (SSSR count). The van der Waals surface area contributed by atoms with Crippen molar-refractivity contribution >= 4 is 15.9 Å². The Morgan fingerprint density at radius 2 is 2.19 bits per heavy atom. The number of aryl methyl sites for hydroxylation is 1. The van der Waals surface area contributed by atoms with E-state index in [0.717, 1.165) is 0 Å². The monoisotopic (exact) mass is 391 g/mol. The van der Waals surface area contributed by atoms with E-state index in [1.807, 2.05) is 0 Å². The summed E-state index contributed by atoms with van der Waals surface area (Å²) in [5.74, 6) is 0.710. The number of hydrogen-bond donors (Lipinski definition) is 0. The van der Waals surface area contributed by atoms with Gasteiger partial charge < -0.3 is 9.42 Å². The molecule has 2 aromatic heterocycles. The molecule has 1 amide bonds. The van der Waals surface area contributed by atoms with Crippen molar-refractivity contribution in [1.82, 2.24) is 24.3 Å². The fourth-order valence-electron chi connectivity index (χ4n) is 4.04. The highest BCUT2D eigenvalue weighted by atomic mass is 32.2. The van der Waals surface area contributed by atoms with E-state index in [4.69, 9.17) is 4.52 Å². The molecule has 2 saturated heterocycles. The number of sulfonamides is 1. The lowest BCUT2D eigenvalue weighted by molar-refractivity contribution is 0.0772. The Hall–Kier alpha value is -2.33. The number of carbonyl (C=O) groups is 1. The fraction of sp³-hybridized carbons (Fsp3) is 0.529. The van der Waals surface area contributed by atoms with Gasteiger partial charge in [0.1, 0.15) is 0 Å². The minimum absolute atomic E-state index is 0.0387. The third kappa shape index (κ3) is 2.92. The van der Waals surface area contributed by atoms with Gasteiger partial charge in [0.15, 0.2) is 5.82 Å². The minimum atomic E-state index is -3.34. The van der Waals surface area contributed by atoms with Crippen molar-refractivity contribution in [2.45, 2.75) is 19.3 Å². The minimum Gasteiger partial charge on any atom is -0.339 e. The molecule has 0 bridgehead atoms. The van der Waals surface area contributed by atoms with Crippen molar-refractivity contribution in [2.75, 3.05) is 31.9 Å². The van der Waals surface area contributed by atoms with E-state index in [0.29, 0.717) is 36.9 Å². The summed E-state index contributed by atoms with van der Waals surface area (Å²) in [5.41, 5.74) is -0.172. The summed E-state index contributed by atoms with van der Waals surface area (Å²) in [6, 6.07) is 3.44. The molecule has 2 aromatic rings. The Morgan fingerprint density at radius 1 is 1.37 bits per heavy atom. The lowest BCUT2D eigenvalue weighted by Crippen LogP contribution is -2.41. The molecule has 27 heavy (non-hydrogen) atoms. The van der Waals surface area contributed by atoms with Crippen molar-refractivity contribution in [3.05, 3.63) is 41.8 Å². The van der Waals surface area contributed by atoms with Gasteiger partial charge in [-0.05, 0) is 26.0 Å². The smallest absolute Gasteiger partial charge is 0.255 e. The van der Waals surface area contributed by atoms with Crippen LogP contribution in [0.4, 0.5) is 0 Å². The van der Waals surface area contributed by atoms with Crippen molar-refractivity contribution in [3.63, 3.8) is 0 Å². The Morgan fingerprint density at radius 3 is 2.81 bits per heavy atom. The average molecular weight is 391 g/mol. The van der Waals surface area contributed by atoms with E-state index in [9.17, 15) is 13.2 Å². The summed E-state index contributed by atoms with van der Waals surface area (Å²) in [7, 11) is -3.34. The van der Waals surface area contributed by atoms with Crippen LogP contribution in [0.5, 0.6) is 0 Å². The Bertz CT molecular complexity index is 961. The zero-order chi connectivity index (χ0) is 19.2. The molecule has 0 radical (unpaired) electrons. The van der Waals surface area contributed by atoms with Gasteiger partial charge in [0.2, 0.25) is 15.9 Å². The maximum atomic E-state index is 12.9. The first kappa shape index (κ1) is 18.1. The number of rotatable bonds is 4. The number of pyridine rings is 1. The summed E-state index contributed by atoms with van der Waals surface area (Å²) >= 11 is 0. The van der Waals surface area contributed by atoms with Gasteiger partial charge in [-0.25, -0.2) is 12.7 Å². The van der Waals surface area contributed by atoms with E-state index in [2.05, 4.69) is 15.1 Å². The first-order valence-corrected chi connectivity index (χ1v) is 10.4. The van der Waals surface area contributed by atoms with E-state index >= 15 is 0 Å². The predicted octanol–water partition coefficient (Wildman–Crippen LogP) is 0.448. The quantitative estimate of drug-likeness (QED) is 0.744. The summed E-state index contributed by atoms with van der Waals surface area (Å²) < 4.78 is 31.8. The molecule has 2 aliphatic rings. The maximum absolute atomic E-state index is 12.9. The highest BCUT2D eigenvalue weighted by molar-refractivity contribution is 7.89. The van der Waals surface area contributed by atoms with E-state index in [1.54, 1.807) is 37.1 Å². The maximum Gasteiger partial charge on any atom is 0.255 e. The Labute approximate surface area is 157 Å². The normalized spacial score (nSPS) is 25.7. The summed E-state index contributed by atoms with van der Waals surface area (Å²) in [6.45, 7) is 4.71. The zero-order valence-electron chi connectivity index (χ0n) is 15.2. The molecule has 10 heteroatoms. The van der Waals surface area contributed by atoms with Gasteiger partial charge in [0.25, 0.3) is 5.91 Å². The molecule has 2 fully saturated rings. The second-order valence-corrected chi connectivity index (χ2v) is 9.38. The average Bonchev–Trinajstić information content (AvgIpc) is 3.34. The molecule has 0 saturated carbocycles. The number of carbonyl (C=O) groups excluding carboxylic acids is 1. The summed E-state index contributed by atoms with van der Waals surface area (Å²) in [4.78, 5) is 23.0. The van der Waals surface area contributed by atoms with Crippen LogP contribution in [-0.4, -0.2) is 70.6 Å². The van der Waals surface area contributed by atoms with Crippen molar-refractivity contribution in [1.29, 1.82) is 0 Å². The third-order valence-electron chi connectivity index (χ3n) is 5.49. The molecule has 4 heterocycles. The first-order valence-electron chi connectivity index (χ1n) is 8.83. The number of nitrogens with zero attached hydrogens (tertiary/aromatic N) is 5. The number of likely N-dealkylation sites (tertiary alicyclic amines) is 1. The van der Waals surface area contributed by atoms with Crippen LogP contribution in [0.2, 0.25) is 0 Å². The zero-order valence-corrected chi connectivity index (χ0v) is 16.0. The topological polar surface area (TPSA) is 110 Å². The molecule has 0 unspecified atom stereocenters. The van der Waals surface area contributed by atoms with E-state index < -0.39 is 15.4 Å². The molecule has 0 aliphatic carbocycles. The van der Waals surface area contributed by atoms with Crippen LogP contribution in [0.1, 0.15) is 29.0 Å². The Kier molecular flexibility index (Phi) is 4.26. The van der Waals surface area contributed by atoms with Gasteiger partial charge in [0.05, 0.1) is 16.7 Å². The van der Waals surface area contributed by atoms with Gasteiger partial charge in [-0.1, -0.05) is 5.16 Å². The van der Waals surface area contributed by atoms with Crippen molar-refractivity contribution in [2.24, 2.45) is 5.92 Å². The van der Waals surface area contributed by atoms with Crippen LogP contribution >= 0.6 is 0 Å². The van der Waals surface area contributed by atoms with Gasteiger partial charge in [0, 0.05) is 44.5 Å². The second kappa shape index (κ2) is 6.38. The van der Waals surface area contributed by atoms with Crippen LogP contribution < -0.4 is 0 Å². The highest BCUT2D eigenvalue weighted by Gasteiger charge is 2.59. The molecule has 9 nitrogen and oxygen atoms in total. The SMILES string of the molecule is CCS(=O)(=O)N1C[C@@H]2CN(C(=O)c3cccnc3)C[C@]2(c2nc(C)no2)C1. The number of hydrogen-bond acceptors (Lipinski definition) is 7. The Balaban J connectivity index is 1.68. The third-order valence-corrected chi connectivity index (χ3v) is 7.28. The lowest BCUT2D eigenvalue weighted by atomic mass is 9.81. The predicted molar refractivity (Wildman–Crippen MR) is 95.4 cm³/mol. The number of amides is 1. The molecule has 2 aliphatic heterocycles. The number of aromatic nitrogens is 3. The van der Waals surface area contributed by atoms with Crippen molar-refractivity contribution in [3.8, 4) is 0 Å². The van der Waals surface area contributed by atoms with Gasteiger partial charge in [-0.3, -0.25) is 9.78 Å². The van der Waals surface area contributed by atoms with Gasteiger partial charge in [-0.15, -0.1) is 0 Å². The van der Waals surface area contributed by atoms with E-state index in [-0.39, 0.29) is 24.1 Å². The van der Waals surface area contributed by atoms with Crippen LogP contribution in [0.3, 0.4) is 0 Å². The van der Waals surface area contributed by atoms with Crippen LogP contribution in [0, 0.1) is 12.8 Å². The van der Waals surface area contributed by atoms with Gasteiger partial charge in [-0.2, -0.15) is 4.98 Å². The molecular weight excluding hydrogens is 370 g/mol. The summed E-state index contributed by atoms with van der Waals surface area (Å²) in [5, 5.41) is 3.88. The van der Waals surface area contributed by atoms with Crippen LogP contribution in [0.15, 0.2) is 29.0 Å². The lowest BCUT2D eigenvalue weighted by Gasteiger charge is -2.25. The molecule has 0 N–H and O–H groups in total. The first-order chi connectivity index (χ1) is 12.9. The molecule has 144 valence electrons. The van der Waals surface area contributed by atoms with Crippen molar-refractivity contribution < 1.29 is 17.7 Å². The second-order valence-electron chi connectivity index (χ2n) is 7.12. The number of fused-ring (bicyclic) bond motifs is 1. The summed E-state index contributed by atoms with van der Waals surface area (Å²) in [6.07, 6.45) is 3.15. The molecule has 2 atom stereocenters. The van der Waals surface area contributed by atoms with E-state index in [1.165, 1.54) is 10.5 Å². The standard InChI is InChI=1S/C17H21N5O4S/c1-3-27(24,25)22-9-14-8-21(15(23)13-5-4-6-18-7-13)10-17(14,11-22)16-19-12(2)20-26-16/h4-7,14H,3,8-11H2,1-2H3/t14-,17-/m0/s1. The molecule has 0 aromatic carbocycles. The van der Waals surface area contributed by atoms with Crippen LogP contribution in [-0.2, 0) is 15.4 Å². The molecule has 0 spiro atoms. The largest absolute Gasteiger partial charge is 0.339 e. The molecular formula is C17H21N5O4S. The highest BCUT2D eigenvalue weighted by Crippen LogP contribution is 2.45. The van der Waals surface area contributed by atoms with Crippen LogP contribution in [0.25, 0.3) is 0 Å². The van der Waals surface area contributed by atoms with Gasteiger partial charge >= 0.3 is 0 Å².